The number of hydrogen-bond donors (Lipinski definition) is 2. The van der Waals surface area contributed by atoms with Crippen LogP contribution in [-0.4, -0.2) is 36.7 Å². The van der Waals surface area contributed by atoms with Gasteiger partial charge < -0.3 is 19.9 Å². The number of carbonyl (C=O) groups excluding carboxylic acids is 1. The van der Waals surface area contributed by atoms with Crippen LogP contribution in [0.5, 0.6) is 0 Å². The summed E-state index contributed by atoms with van der Waals surface area (Å²) in [6, 6.07) is 0. The topological polar surface area (TPSA) is 84.9 Å². The highest BCUT2D eigenvalue weighted by Gasteiger charge is 2.15. The Labute approximate surface area is 112 Å². The van der Waals surface area contributed by atoms with Gasteiger partial charge in [-0.05, 0) is 18.8 Å². The quantitative estimate of drug-likeness (QED) is 0.694. The van der Waals surface area contributed by atoms with Gasteiger partial charge in [-0.2, -0.15) is 0 Å². The predicted molar refractivity (Wildman–Crippen MR) is 68.3 cm³/mol. The summed E-state index contributed by atoms with van der Waals surface area (Å²) in [5.41, 5.74) is 0. The minimum absolute atomic E-state index is 0.175. The maximum absolute atomic E-state index is 11.7. The molecule has 0 spiro atoms. The van der Waals surface area contributed by atoms with Gasteiger partial charge in [0.2, 0.25) is 5.76 Å². The first-order valence-corrected chi connectivity index (χ1v) is 6.58. The Morgan fingerprint density at radius 2 is 2.21 bits per heavy atom. The summed E-state index contributed by atoms with van der Waals surface area (Å²) in [7, 11) is 0. The third-order valence-electron chi connectivity index (χ3n) is 3.05. The number of aliphatic carboxylic acids is 1. The van der Waals surface area contributed by atoms with E-state index in [1.807, 2.05) is 6.92 Å². The summed E-state index contributed by atoms with van der Waals surface area (Å²) in [4.78, 5) is 22.2. The fourth-order valence-electron chi connectivity index (χ4n) is 1.84. The van der Waals surface area contributed by atoms with E-state index in [1.54, 1.807) is 0 Å². The normalized spacial score (nSPS) is 15.7. The lowest BCUT2D eigenvalue weighted by atomic mass is 9.97. The van der Waals surface area contributed by atoms with Crippen LogP contribution in [0, 0.1) is 5.92 Å². The van der Waals surface area contributed by atoms with Crippen molar-refractivity contribution in [3.63, 3.8) is 0 Å². The largest absolute Gasteiger partial charge is 0.494 e. The number of rotatable bonds is 8. The highest BCUT2D eigenvalue weighted by Crippen LogP contribution is 2.14. The zero-order valence-corrected chi connectivity index (χ0v) is 11.2. The van der Waals surface area contributed by atoms with E-state index in [1.165, 1.54) is 6.26 Å². The number of hydrogen-bond acceptors (Lipinski definition) is 4. The maximum atomic E-state index is 11.7. The Balaban J connectivity index is 2.22. The molecular weight excluding hydrogens is 250 g/mol. The molecule has 6 heteroatoms. The average molecular weight is 271 g/mol. The fourth-order valence-corrected chi connectivity index (χ4v) is 1.84. The molecule has 1 aliphatic heterocycles. The van der Waals surface area contributed by atoms with Crippen molar-refractivity contribution < 1.29 is 24.2 Å². The van der Waals surface area contributed by atoms with Crippen molar-refractivity contribution in [1.82, 2.24) is 5.32 Å². The summed E-state index contributed by atoms with van der Waals surface area (Å²) in [5, 5.41) is 11.4. The van der Waals surface area contributed by atoms with E-state index in [0.717, 1.165) is 12.8 Å². The molecule has 1 aliphatic rings. The van der Waals surface area contributed by atoms with E-state index in [4.69, 9.17) is 14.6 Å². The highest BCUT2D eigenvalue weighted by atomic mass is 16.6. The molecule has 1 atom stereocenters. The van der Waals surface area contributed by atoms with Crippen LogP contribution in [0.25, 0.3) is 0 Å². The van der Waals surface area contributed by atoms with Crippen molar-refractivity contribution in [3.8, 4) is 0 Å². The summed E-state index contributed by atoms with van der Waals surface area (Å²) in [6.45, 7) is 3.38. The van der Waals surface area contributed by atoms with Crippen LogP contribution in [0.4, 0.5) is 0 Å². The van der Waals surface area contributed by atoms with Crippen LogP contribution in [0.3, 0.4) is 0 Å². The van der Waals surface area contributed by atoms with Gasteiger partial charge in [0.15, 0.2) is 0 Å². The Bertz CT molecular complexity index is 340. The Morgan fingerprint density at radius 3 is 2.79 bits per heavy atom. The van der Waals surface area contributed by atoms with Gasteiger partial charge in [0, 0.05) is 13.0 Å². The Kier molecular flexibility index (Phi) is 6.78. The predicted octanol–water partition coefficient (Wildman–Crippen LogP) is 1.27. The second-order valence-corrected chi connectivity index (χ2v) is 4.45. The Morgan fingerprint density at radius 1 is 1.42 bits per heavy atom. The molecule has 0 aromatic rings. The first-order chi connectivity index (χ1) is 9.13. The molecule has 19 heavy (non-hydrogen) atoms. The average Bonchev–Trinajstić information content (AvgIpc) is 2.43. The van der Waals surface area contributed by atoms with E-state index < -0.39 is 5.97 Å². The molecule has 0 aromatic heterocycles. The van der Waals surface area contributed by atoms with Gasteiger partial charge in [0.25, 0.3) is 5.91 Å². The Hall–Kier alpha value is -1.72. The molecule has 0 aliphatic carbocycles. The van der Waals surface area contributed by atoms with Crippen LogP contribution in [0.1, 0.15) is 32.6 Å². The number of amides is 1. The number of ether oxygens (including phenoxy) is 2. The number of nitrogens with one attached hydrogen (secondary N) is 1. The molecule has 0 radical (unpaired) electrons. The van der Waals surface area contributed by atoms with Crippen molar-refractivity contribution in [2.75, 3.05) is 19.8 Å². The lowest BCUT2D eigenvalue weighted by molar-refractivity contribution is -0.137. The van der Waals surface area contributed by atoms with Crippen LogP contribution in [-0.2, 0) is 19.1 Å². The van der Waals surface area contributed by atoms with Gasteiger partial charge >= 0.3 is 5.97 Å². The van der Waals surface area contributed by atoms with Crippen LogP contribution >= 0.6 is 0 Å². The monoisotopic (exact) mass is 271 g/mol. The molecule has 6 nitrogen and oxygen atoms in total. The van der Waals surface area contributed by atoms with Crippen LogP contribution < -0.4 is 5.32 Å². The molecule has 0 fully saturated rings. The molecule has 0 aromatic carbocycles. The molecule has 1 rings (SSSR count). The van der Waals surface area contributed by atoms with Crippen molar-refractivity contribution in [1.29, 1.82) is 0 Å². The van der Waals surface area contributed by atoms with Crippen LogP contribution in [0.2, 0.25) is 0 Å². The molecule has 1 heterocycles. The van der Waals surface area contributed by atoms with Crippen molar-refractivity contribution in [2.45, 2.75) is 32.6 Å². The molecule has 2 N–H and O–H groups in total. The van der Waals surface area contributed by atoms with Gasteiger partial charge in [-0.1, -0.05) is 13.3 Å². The van der Waals surface area contributed by atoms with E-state index in [9.17, 15) is 9.59 Å². The molecule has 0 saturated heterocycles. The summed E-state index contributed by atoms with van der Waals surface area (Å²) in [5.74, 6) is -0.549. The third-order valence-corrected chi connectivity index (χ3v) is 3.05. The smallest absolute Gasteiger partial charge is 0.303 e. The minimum Gasteiger partial charge on any atom is -0.494 e. The molecule has 108 valence electrons. The van der Waals surface area contributed by atoms with Crippen molar-refractivity contribution in [2.24, 2.45) is 5.92 Å². The third kappa shape index (κ3) is 6.13. The molecule has 0 bridgehead atoms. The van der Waals surface area contributed by atoms with Gasteiger partial charge in [-0.15, -0.1) is 0 Å². The van der Waals surface area contributed by atoms with Crippen molar-refractivity contribution >= 4 is 11.9 Å². The maximum Gasteiger partial charge on any atom is 0.303 e. The number of carboxylic acid groups (broad SMARTS) is 1. The van der Waals surface area contributed by atoms with E-state index in [2.05, 4.69) is 5.32 Å². The fraction of sp³-hybridized carbons (Fsp3) is 0.692. The van der Waals surface area contributed by atoms with Gasteiger partial charge in [0.1, 0.15) is 19.5 Å². The van der Waals surface area contributed by atoms with Gasteiger partial charge in [-0.3, -0.25) is 9.59 Å². The summed E-state index contributed by atoms with van der Waals surface area (Å²) < 4.78 is 10.2. The summed E-state index contributed by atoms with van der Waals surface area (Å²) >= 11 is 0. The van der Waals surface area contributed by atoms with Gasteiger partial charge in [-0.25, -0.2) is 0 Å². The molecule has 0 saturated carbocycles. The second kappa shape index (κ2) is 8.39. The first-order valence-electron chi connectivity index (χ1n) is 6.58. The lowest BCUT2D eigenvalue weighted by Crippen LogP contribution is -2.30. The highest BCUT2D eigenvalue weighted by molar-refractivity contribution is 5.91. The van der Waals surface area contributed by atoms with Gasteiger partial charge in [0.05, 0.1) is 0 Å². The first kappa shape index (κ1) is 15.3. The zero-order valence-electron chi connectivity index (χ0n) is 11.2. The van der Waals surface area contributed by atoms with E-state index in [0.29, 0.717) is 32.1 Å². The number of carboxylic acids is 1. The minimum atomic E-state index is -0.777. The second-order valence-electron chi connectivity index (χ2n) is 4.45. The standard InChI is InChI=1S/C13H21NO5/c1-2-10(3-4-12(15)16)5-6-14-13(17)11-9-18-7-8-19-11/h9-10H,2-8H2,1H3,(H,14,17)(H,15,16). The zero-order chi connectivity index (χ0) is 14.1. The summed E-state index contributed by atoms with van der Waals surface area (Å²) in [6.07, 6.45) is 3.81. The van der Waals surface area contributed by atoms with Crippen molar-refractivity contribution in [3.05, 3.63) is 12.0 Å². The van der Waals surface area contributed by atoms with Crippen LogP contribution in [0.15, 0.2) is 12.0 Å². The molecule has 1 amide bonds. The number of carbonyl (C=O) groups is 2. The van der Waals surface area contributed by atoms with E-state index in [-0.39, 0.29) is 18.1 Å². The molecular formula is C13H21NO5. The SMILES string of the molecule is CCC(CCNC(=O)C1=COCCO1)CCC(=O)O. The lowest BCUT2D eigenvalue weighted by Gasteiger charge is -2.17. The molecule has 1 unspecified atom stereocenters. The van der Waals surface area contributed by atoms with E-state index >= 15 is 0 Å².